The van der Waals surface area contributed by atoms with Gasteiger partial charge in [-0.05, 0) is 44.9 Å². The van der Waals surface area contributed by atoms with Crippen molar-refractivity contribution in [2.75, 3.05) is 10.6 Å². The van der Waals surface area contributed by atoms with Crippen LogP contribution < -0.4 is 15.4 Å². The Bertz CT molecular complexity index is 638. The average Bonchev–Trinajstić information content (AvgIpc) is 3.02. The minimum atomic E-state index is 0.128. The van der Waals surface area contributed by atoms with Gasteiger partial charge in [0.05, 0.1) is 11.8 Å². The Morgan fingerprint density at radius 2 is 1.91 bits per heavy atom. The van der Waals surface area contributed by atoms with Gasteiger partial charge in [-0.2, -0.15) is 4.98 Å². The predicted molar refractivity (Wildman–Crippen MR) is 93.4 cm³/mol. The van der Waals surface area contributed by atoms with Crippen molar-refractivity contribution in [3.8, 4) is 5.75 Å². The molecule has 0 unspecified atom stereocenters. The minimum Gasteiger partial charge on any atom is -0.489 e. The van der Waals surface area contributed by atoms with Crippen LogP contribution >= 0.6 is 0 Å². The molecule has 1 saturated carbocycles. The summed E-state index contributed by atoms with van der Waals surface area (Å²) in [5.74, 6) is 2.27. The average molecular weight is 312 g/mol. The Hall–Kier alpha value is -2.30. The van der Waals surface area contributed by atoms with Crippen molar-refractivity contribution in [1.29, 1.82) is 0 Å². The zero-order chi connectivity index (χ0) is 16.1. The molecule has 1 fully saturated rings. The number of benzene rings is 1. The second-order valence-corrected chi connectivity index (χ2v) is 6.18. The maximum Gasteiger partial charge on any atom is 0.224 e. The first-order chi connectivity index (χ1) is 11.2. The van der Waals surface area contributed by atoms with Gasteiger partial charge in [-0.25, -0.2) is 4.98 Å². The molecule has 0 radical (unpaired) electrons. The van der Waals surface area contributed by atoms with Crippen LogP contribution in [0.3, 0.4) is 0 Å². The molecule has 0 spiro atoms. The number of aromatic nitrogens is 2. The van der Waals surface area contributed by atoms with E-state index >= 15 is 0 Å². The second kappa shape index (κ2) is 7.31. The highest BCUT2D eigenvalue weighted by atomic mass is 16.5. The standard InChI is InChI=1S/C18H24N4O/c1-13(2)23-16-10-6-5-9-15(16)21-17-11-12-19-18(22-17)20-14-7-3-4-8-14/h5-6,9-14H,3-4,7-8H2,1-2H3,(H2,19,20,21,22). The fourth-order valence-corrected chi connectivity index (χ4v) is 2.82. The van der Waals surface area contributed by atoms with Crippen LogP contribution in [0.15, 0.2) is 36.5 Å². The summed E-state index contributed by atoms with van der Waals surface area (Å²) in [5.41, 5.74) is 0.909. The van der Waals surface area contributed by atoms with E-state index in [1.807, 2.05) is 44.2 Å². The Morgan fingerprint density at radius 1 is 1.13 bits per heavy atom. The second-order valence-electron chi connectivity index (χ2n) is 6.18. The summed E-state index contributed by atoms with van der Waals surface area (Å²) in [5, 5.41) is 6.75. The number of rotatable bonds is 6. The van der Waals surface area contributed by atoms with E-state index < -0.39 is 0 Å². The molecule has 5 nitrogen and oxygen atoms in total. The minimum absolute atomic E-state index is 0.128. The highest BCUT2D eigenvalue weighted by molar-refractivity contribution is 5.64. The number of hydrogen-bond acceptors (Lipinski definition) is 5. The normalized spacial score (nSPS) is 14.9. The van der Waals surface area contributed by atoms with Crippen LogP contribution in [0.5, 0.6) is 5.75 Å². The molecular weight excluding hydrogens is 288 g/mol. The van der Waals surface area contributed by atoms with Crippen molar-refractivity contribution in [2.45, 2.75) is 51.7 Å². The molecule has 1 aliphatic rings. The van der Waals surface area contributed by atoms with Gasteiger partial charge < -0.3 is 15.4 Å². The van der Waals surface area contributed by atoms with Crippen LogP contribution in [0.4, 0.5) is 17.5 Å². The molecule has 1 aromatic heterocycles. The fraction of sp³-hybridized carbons (Fsp3) is 0.444. The highest BCUT2D eigenvalue weighted by Crippen LogP contribution is 2.28. The maximum absolute atomic E-state index is 5.83. The first-order valence-corrected chi connectivity index (χ1v) is 8.33. The van der Waals surface area contributed by atoms with Gasteiger partial charge in [0.2, 0.25) is 5.95 Å². The van der Waals surface area contributed by atoms with Gasteiger partial charge in [-0.1, -0.05) is 25.0 Å². The third-order valence-electron chi connectivity index (χ3n) is 3.86. The summed E-state index contributed by atoms with van der Waals surface area (Å²) in [6, 6.07) is 10.3. The van der Waals surface area contributed by atoms with Gasteiger partial charge in [0.25, 0.3) is 0 Å². The van der Waals surface area contributed by atoms with Crippen molar-refractivity contribution >= 4 is 17.5 Å². The lowest BCUT2D eigenvalue weighted by Crippen LogP contribution is -2.16. The molecule has 122 valence electrons. The maximum atomic E-state index is 5.83. The van der Waals surface area contributed by atoms with E-state index in [1.54, 1.807) is 6.20 Å². The van der Waals surface area contributed by atoms with Gasteiger partial charge in [-0.15, -0.1) is 0 Å². The lowest BCUT2D eigenvalue weighted by atomic mass is 10.2. The van der Waals surface area contributed by atoms with E-state index in [4.69, 9.17) is 4.74 Å². The summed E-state index contributed by atoms with van der Waals surface area (Å²) in [6.45, 7) is 4.04. The van der Waals surface area contributed by atoms with Gasteiger partial charge in [-0.3, -0.25) is 0 Å². The highest BCUT2D eigenvalue weighted by Gasteiger charge is 2.15. The number of para-hydroxylation sites is 2. The monoisotopic (exact) mass is 312 g/mol. The van der Waals surface area contributed by atoms with E-state index in [0.717, 1.165) is 17.3 Å². The fourth-order valence-electron chi connectivity index (χ4n) is 2.82. The third-order valence-corrected chi connectivity index (χ3v) is 3.86. The summed E-state index contributed by atoms with van der Waals surface area (Å²) in [7, 11) is 0. The van der Waals surface area contributed by atoms with Crippen molar-refractivity contribution < 1.29 is 4.74 Å². The molecule has 0 saturated heterocycles. The zero-order valence-electron chi connectivity index (χ0n) is 13.7. The van der Waals surface area contributed by atoms with Gasteiger partial charge in [0.15, 0.2) is 0 Å². The van der Waals surface area contributed by atoms with Crippen molar-refractivity contribution in [1.82, 2.24) is 9.97 Å². The van der Waals surface area contributed by atoms with E-state index in [9.17, 15) is 0 Å². The zero-order valence-corrected chi connectivity index (χ0v) is 13.7. The Labute approximate surface area is 137 Å². The van der Waals surface area contributed by atoms with Crippen LogP contribution in [-0.2, 0) is 0 Å². The Kier molecular flexibility index (Phi) is 4.95. The Balaban J connectivity index is 1.72. The van der Waals surface area contributed by atoms with Gasteiger partial charge >= 0.3 is 0 Å². The molecule has 0 bridgehead atoms. The van der Waals surface area contributed by atoms with Gasteiger partial charge in [0.1, 0.15) is 11.6 Å². The van der Waals surface area contributed by atoms with E-state index in [2.05, 4.69) is 20.6 Å². The van der Waals surface area contributed by atoms with E-state index in [-0.39, 0.29) is 6.10 Å². The summed E-state index contributed by atoms with van der Waals surface area (Å²) in [6.07, 6.45) is 6.88. The molecule has 5 heteroatoms. The third kappa shape index (κ3) is 4.34. The van der Waals surface area contributed by atoms with E-state index in [1.165, 1.54) is 25.7 Å². The van der Waals surface area contributed by atoms with Gasteiger partial charge in [0, 0.05) is 12.2 Å². The molecule has 0 atom stereocenters. The molecule has 2 N–H and O–H groups in total. The number of hydrogen-bond donors (Lipinski definition) is 2. The molecule has 1 heterocycles. The van der Waals surface area contributed by atoms with Crippen molar-refractivity contribution in [3.05, 3.63) is 36.5 Å². The number of ether oxygens (including phenoxy) is 1. The molecule has 3 rings (SSSR count). The molecular formula is C18H24N4O. The first kappa shape index (κ1) is 15.6. The lowest BCUT2D eigenvalue weighted by molar-refractivity contribution is 0.244. The molecule has 23 heavy (non-hydrogen) atoms. The van der Waals surface area contributed by atoms with E-state index in [0.29, 0.717) is 12.0 Å². The summed E-state index contributed by atoms with van der Waals surface area (Å²) in [4.78, 5) is 8.88. The lowest BCUT2D eigenvalue weighted by Gasteiger charge is -2.16. The molecule has 2 aromatic rings. The van der Waals surface area contributed by atoms with Crippen molar-refractivity contribution in [3.63, 3.8) is 0 Å². The summed E-state index contributed by atoms with van der Waals surface area (Å²) >= 11 is 0. The van der Waals surface area contributed by atoms with Crippen LogP contribution in [0.2, 0.25) is 0 Å². The van der Waals surface area contributed by atoms with Crippen molar-refractivity contribution in [2.24, 2.45) is 0 Å². The van der Waals surface area contributed by atoms with Crippen LogP contribution in [0.25, 0.3) is 0 Å². The summed E-state index contributed by atoms with van der Waals surface area (Å²) < 4.78 is 5.83. The topological polar surface area (TPSA) is 59.1 Å². The van der Waals surface area contributed by atoms with Crippen LogP contribution in [0, 0.1) is 0 Å². The number of anilines is 3. The smallest absolute Gasteiger partial charge is 0.224 e. The molecule has 0 aliphatic heterocycles. The molecule has 1 aromatic carbocycles. The number of nitrogens with one attached hydrogen (secondary N) is 2. The predicted octanol–water partition coefficient (Wildman–Crippen LogP) is 4.36. The SMILES string of the molecule is CC(C)Oc1ccccc1Nc1ccnc(NC2CCCC2)n1. The first-order valence-electron chi connectivity index (χ1n) is 8.33. The van der Waals surface area contributed by atoms with Crippen LogP contribution in [0.1, 0.15) is 39.5 Å². The number of nitrogens with zero attached hydrogens (tertiary/aromatic N) is 2. The molecule has 0 amide bonds. The molecule has 1 aliphatic carbocycles. The quantitative estimate of drug-likeness (QED) is 0.830. The largest absolute Gasteiger partial charge is 0.489 e. The Morgan fingerprint density at radius 3 is 2.70 bits per heavy atom. The van der Waals surface area contributed by atoms with Crippen LogP contribution in [-0.4, -0.2) is 22.1 Å².